The Morgan fingerprint density at radius 3 is 2.33 bits per heavy atom. The highest BCUT2D eigenvalue weighted by molar-refractivity contribution is 5.10. The fraction of sp³-hybridized carbons (Fsp3) is 0.200. The van der Waals surface area contributed by atoms with Crippen LogP contribution >= 0.6 is 0 Å². The fourth-order valence-electron chi connectivity index (χ4n) is 0.0645. The molecule has 1 heteroatoms. The summed E-state index contributed by atoms with van der Waals surface area (Å²) in [6.45, 7) is 6.81. The van der Waals surface area contributed by atoms with Crippen LogP contribution in [-0.4, -0.2) is 11.7 Å². The van der Waals surface area contributed by atoms with Gasteiger partial charge in [-0.2, -0.15) is 0 Å². The number of rotatable bonds is 2. The standard InChI is InChI=1S/C5H8O/c1-3-5(2)4-6/h3,6H,1-2,4H2. The molecular formula is C5H8O. The molecule has 0 aromatic heterocycles. The van der Waals surface area contributed by atoms with Crippen molar-refractivity contribution in [2.45, 2.75) is 0 Å². The molecular weight excluding hydrogens is 76.1 g/mol. The van der Waals surface area contributed by atoms with Gasteiger partial charge in [0.15, 0.2) is 0 Å². The van der Waals surface area contributed by atoms with E-state index in [1.807, 2.05) is 0 Å². The summed E-state index contributed by atoms with van der Waals surface area (Å²) in [6, 6.07) is 0. The average Bonchev–Trinajstić information content (AvgIpc) is 1.65. The molecule has 0 radical (unpaired) electrons. The summed E-state index contributed by atoms with van der Waals surface area (Å²) < 4.78 is 0. The van der Waals surface area contributed by atoms with Gasteiger partial charge in [-0.1, -0.05) is 19.2 Å². The van der Waals surface area contributed by atoms with Gasteiger partial charge in [0.1, 0.15) is 0 Å². The topological polar surface area (TPSA) is 20.2 Å². The highest BCUT2D eigenvalue weighted by Gasteiger charge is 1.74. The molecule has 0 rings (SSSR count). The maximum Gasteiger partial charge on any atom is 0.0675 e. The van der Waals surface area contributed by atoms with Crippen LogP contribution in [0.4, 0.5) is 0 Å². The number of aliphatic hydroxyl groups excluding tert-OH is 1. The van der Waals surface area contributed by atoms with Gasteiger partial charge >= 0.3 is 0 Å². The monoisotopic (exact) mass is 84.1 g/mol. The molecule has 0 unspecified atom stereocenters. The molecule has 0 fully saturated rings. The second kappa shape index (κ2) is 2.67. The highest BCUT2D eigenvalue weighted by atomic mass is 16.3. The van der Waals surface area contributed by atoms with E-state index in [0.717, 1.165) is 0 Å². The van der Waals surface area contributed by atoms with Crippen molar-refractivity contribution in [3.05, 3.63) is 24.8 Å². The van der Waals surface area contributed by atoms with Crippen LogP contribution in [0.25, 0.3) is 0 Å². The third-order valence-corrected chi connectivity index (χ3v) is 0.492. The van der Waals surface area contributed by atoms with Crippen molar-refractivity contribution in [3.8, 4) is 0 Å². The molecule has 1 N–H and O–H groups in total. The lowest BCUT2D eigenvalue weighted by Gasteiger charge is -1.83. The van der Waals surface area contributed by atoms with Gasteiger partial charge < -0.3 is 5.11 Å². The molecule has 0 aliphatic rings. The number of hydrogen-bond donors (Lipinski definition) is 1. The SMILES string of the molecule is C=CC(=C)CO. The van der Waals surface area contributed by atoms with Crippen molar-refractivity contribution < 1.29 is 5.11 Å². The summed E-state index contributed by atoms with van der Waals surface area (Å²) in [6.07, 6.45) is 1.53. The second-order valence-electron chi connectivity index (χ2n) is 1.02. The molecule has 0 saturated heterocycles. The summed E-state index contributed by atoms with van der Waals surface area (Å²) in [5.41, 5.74) is 0.662. The Hall–Kier alpha value is -0.560. The van der Waals surface area contributed by atoms with E-state index in [2.05, 4.69) is 13.2 Å². The first-order chi connectivity index (χ1) is 2.81. The molecule has 0 amide bonds. The van der Waals surface area contributed by atoms with Gasteiger partial charge in [0, 0.05) is 0 Å². The van der Waals surface area contributed by atoms with Gasteiger partial charge in [0.25, 0.3) is 0 Å². The lowest BCUT2D eigenvalue weighted by atomic mass is 10.3. The smallest absolute Gasteiger partial charge is 0.0675 e. The van der Waals surface area contributed by atoms with Gasteiger partial charge in [0.05, 0.1) is 6.61 Å². The van der Waals surface area contributed by atoms with Crippen molar-refractivity contribution in [1.82, 2.24) is 0 Å². The zero-order valence-corrected chi connectivity index (χ0v) is 3.65. The van der Waals surface area contributed by atoms with E-state index in [1.54, 1.807) is 0 Å². The molecule has 1 nitrogen and oxygen atoms in total. The lowest BCUT2D eigenvalue weighted by Crippen LogP contribution is -1.79. The molecule has 0 aromatic rings. The molecule has 0 bridgehead atoms. The second-order valence-corrected chi connectivity index (χ2v) is 1.02. The minimum absolute atomic E-state index is 0.0174. The molecule has 6 heavy (non-hydrogen) atoms. The Morgan fingerprint density at radius 2 is 2.33 bits per heavy atom. The maximum atomic E-state index is 8.16. The Morgan fingerprint density at radius 1 is 1.83 bits per heavy atom. The van der Waals surface area contributed by atoms with Crippen LogP contribution in [-0.2, 0) is 0 Å². The van der Waals surface area contributed by atoms with Crippen molar-refractivity contribution >= 4 is 0 Å². The van der Waals surface area contributed by atoms with Crippen molar-refractivity contribution in [3.63, 3.8) is 0 Å². The third kappa shape index (κ3) is 1.73. The predicted molar refractivity (Wildman–Crippen MR) is 26.4 cm³/mol. The van der Waals surface area contributed by atoms with E-state index in [1.165, 1.54) is 6.08 Å². The van der Waals surface area contributed by atoms with Crippen LogP contribution in [0.2, 0.25) is 0 Å². The van der Waals surface area contributed by atoms with Crippen LogP contribution in [0.3, 0.4) is 0 Å². The molecule has 0 aliphatic carbocycles. The van der Waals surface area contributed by atoms with Gasteiger partial charge in [-0.05, 0) is 5.57 Å². The van der Waals surface area contributed by atoms with E-state index in [0.29, 0.717) is 5.57 Å². The van der Waals surface area contributed by atoms with Gasteiger partial charge in [-0.25, -0.2) is 0 Å². The minimum atomic E-state index is 0.0174. The first kappa shape index (κ1) is 5.44. The normalized spacial score (nSPS) is 7.50. The maximum absolute atomic E-state index is 8.16. The zero-order valence-electron chi connectivity index (χ0n) is 3.65. The highest BCUT2D eigenvalue weighted by Crippen LogP contribution is 1.83. The van der Waals surface area contributed by atoms with Crippen LogP contribution in [0.1, 0.15) is 0 Å². The first-order valence-electron chi connectivity index (χ1n) is 1.72. The van der Waals surface area contributed by atoms with Crippen LogP contribution in [0.5, 0.6) is 0 Å². The number of hydrogen-bond acceptors (Lipinski definition) is 1. The summed E-state index contributed by atoms with van der Waals surface area (Å²) >= 11 is 0. The van der Waals surface area contributed by atoms with Crippen LogP contribution in [0, 0.1) is 0 Å². The Kier molecular flexibility index (Phi) is 2.42. The summed E-state index contributed by atoms with van der Waals surface area (Å²) in [5.74, 6) is 0. The van der Waals surface area contributed by atoms with Gasteiger partial charge in [-0.3, -0.25) is 0 Å². The third-order valence-electron chi connectivity index (χ3n) is 0.492. The average molecular weight is 84.1 g/mol. The molecule has 0 atom stereocenters. The molecule has 0 aromatic carbocycles. The van der Waals surface area contributed by atoms with Gasteiger partial charge in [-0.15, -0.1) is 0 Å². The lowest BCUT2D eigenvalue weighted by molar-refractivity contribution is 0.335. The van der Waals surface area contributed by atoms with Crippen LogP contribution in [0.15, 0.2) is 24.8 Å². The fourth-order valence-corrected chi connectivity index (χ4v) is 0.0645. The van der Waals surface area contributed by atoms with E-state index in [4.69, 9.17) is 5.11 Å². The summed E-state index contributed by atoms with van der Waals surface area (Å²) in [4.78, 5) is 0. The molecule has 0 heterocycles. The first-order valence-corrected chi connectivity index (χ1v) is 1.72. The Labute approximate surface area is 37.6 Å². The van der Waals surface area contributed by atoms with Crippen molar-refractivity contribution in [2.24, 2.45) is 0 Å². The van der Waals surface area contributed by atoms with E-state index >= 15 is 0 Å². The summed E-state index contributed by atoms with van der Waals surface area (Å²) in [7, 11) is 0. The predicted octanol–water partition coefficient (Wildman–Crippen LogP) is 0.721. The molecule has 0 spiro atoms. The Balaban J connectivity index is 3.23. The Bertz CT molecular complexity index is 64.3. The van der Waals surface area contributed by atoms with E-state index in [9.17, 15) is 0 Å². The quantitative estimate of drug-likeness (QED) is 0.489. The van der Waals surface area contributed by atoms with Crippen molar-refractivity contribution in [2.75, 3.05) is 6.61 Å². The summed E-state index contributed by atoms with van der Waals surface area (Å²) in [5, 5.41) is 8.16. The van der Waals surface area contributed by atoms with E-state index in [-0.39, 0.29) is 6.61 Å². The van der Waals surface area contributed by atoms with Gasteiger partial charge in [0.2, 0.25) is 0 Å². The van der Waals surface area contributed by atoms with Crippen molar-refractivity contribution in [1.29, 1.82) is 0 Å². The zero-order chi connectivity index (χ0) is 4.99. The molecule has 34 valence electrons. The molecule has 0 saturated carbocycles. The molecule has 0 aliphatic heterocycles. The number of aliphatic hydroxyl groups is 1. The van der Waals surface area contributed by atoms with Crippen LogP contribution < -0.4 is 0 Å². The van der Waals surface area contributed by atoms with E-state index < -0.39 is 0 Å². The largest absolute Gasteiger partial charge is 0.392 e. The minimum Gasteiger partial charge on any atom is -0.392 e.